The zero-order valence-electron chi connectivity index (χ0n) is 11.6. The summed E-state index contributed by atoms with van der Waals surface area (Å²) < 4.78 is 0. The Kier molecular flexibility index (Phi) is 3.07. The summed E-state index contributed by atoms with van der Waals surface area (Å²) in [6, 6.07) is 15.3. The normalized spacial score (nSPS) is 19.1. The molecule has 1 heterocycles. The topological polar surface area (TPSA) is 40.5 Å². The number of rotatable bonds is 2. The molecular weight excluding hydrogens is 250 g/mol. The van der Waals surface area contributed by atoms with Crippen LogP contribution in [-0.4, -0.2) is 18.1 Å². The van der Waals surface area contributed by atoms with Crippen molar-refractivity contribution in [2.75, 3.05) is 11.9 Å². The first-order valence-corrected chi connectivity index (χ1v) is 6.74. The summed E-state index contributed by atoms with van der Waals surface area (Å²) in [5.41, 5.74) is 3.61. The molecule has 0 saturated heterocycles. The second-order valence-corrected chi connectivity index (χ2v) is 5.25. The van der Waals surface area contributed by atoms with Gasteiger partial charge in [-0.05, 0) is 35.7 Å². The Morgan fingerprint density at radius 1 is 1.10 bits per heavy atom. The lowest BCUT2D eigenvalue weighted by molar-refractivity contribution is -0.118. The largest absolute Gasteiger partial charge is 0.384 e. The molecule has 3 nitrogen and oxygen atoms in total. The lowest BCUT2D eigenvalue weighted by Crippen LogP contribution is -2.22. The van der Waals surface area contributed by atoms with Crippen LogP contribution in [0.2, 0.25) is 0 Å². The third-order valence-corrected chi connectivity index (χ3v) is 4.01. The van der Waals surface area contributed by atoms with E-state index in [1.54, 1.807) is 11.9 Å². The van der Waals surface area contributed by atoms with E-state index < -0.39 is 6.10 Å². The first kappa shape index (κ1) is 12.9. The highest BCUT2D eigenvalue weighted by Gasteiger charge is 2.32. The maximum absolute atomic E-state index is 12.0. The Morgan fingerprint density at radius 2 is 1.80 bits per heavy atom. The van der Waals surface area contributed by atoms with Crippen LogP contribution in [0, 0.1) is 0 Å². The van der Waals surface area contributed by atoms with E-state index in [0.717, 1.165) is 22.4 Å². The quantitative estimate of drug-likeness (QED) is 0.909. The number of benzene rings is 2. The van der Waals surface area contributed by atoms with Gasteiger partial charge in [-0.15, -0.1) is 0 Å². The van der Waals surface area contributed by atoms with E-state index in [9.17, 15) is 9.90 Å². The van der Waals surface area contributed by atoms with Gasteiger partial charge in [0.2, 0.25) is 5.91 Å². The van der Waals surface area contributed by atoms with Crippen molar-refractivity contribution in [2.24, 2.45) is 0 Å². The van der Waals surface area contributed by atoms with Crippen LogP contribution < -0.4 is 4.90 Å². The minimum atomic E-state index is -0.658. The Hall–Kier alpha value is -2.13. The summed E-state index contributed by atoms with van der Waals surface area (Å²) in [7, 11) is 1.79. The van der Waals surface area contributed by atoms with E-state index in [1.807, 2.05) is 55.5 Å². The average Bonchev–Trinajstić information content (AvgIpc) is 2.72. The molecule has 2 atom stereocenters. The van der Waals surface area contributed by atoms with Crippen LogP contribution in [0.5, 0.6) is 0 Å². The molecule has 102 valence electrons. The number of carbonyl (C=O) groups excluding carboxylic acids is 1. The molecule has 0 spiro atoms. The SMILES string of the molecule is CC1C(=O)N(C)c2ccc(C(O)c3ccccc3)cc21. The number of hydrogen-bond acceptors (Lipinski definition) is 2. The van der Waals surface area contributed by atoms with Gasteiger partial charge >= 0.3 is 0 Å². The Balaban J connectivity index is 2.00. The predicted molar refractivity (Wildman–Crippen MR) is 78.8 cm³/mol. The van der Waals surface area contributed by atoms with E-state index in [-0.39, 0.29) is 11.8 Å². The number of hydrogen-bond donors (Lipinski definition) is 1. The summed E-state index contributed by atoms with van der Waals surface area (Å²) in [6.07, 6.45) is -0.658. The molecule has 3 rings (SSSR count). The fraction of sp³-hybridized carbons (Fsp3) is 0.235. The van der Waals surface area contributed by atoms with Crippen molar-refractivity contribution in [1.29, 1.82) is 0 Å². The van der Waals surface area contributed by atoms with Crippen molar-refractivity contribution < 1.29 is 9.90 Å². The monoisotopic (exact) mass is 267 g/mol. The van der Waals surface area contributed by atoms with Crippen molar-refractivity contribution in [3.05, 3.63) is 65.2 Å². The molecule has 2 unspecified atom stereocenters. The van der Waals surface area contributed by atoms with Gasteiger partial charge in [0.1, 0.15) is 6.10 Å². The average molecular weight is 267 g/mol. The molecule has 1 amide bonds. The van der Waals surface area contributed by atoms with Gasteiger partial charge in [-0.1, -0.05) is 36.4 Å². The van der Waals surface area contributed by atoms with Crippen LogP contribution in [0.1, 0.15) is 35.6 Å². The molecule has 0 radical (unpaired) electrons. The van der Waals surface area contributed by atoms with Gasteiger partial charge < -0.3 is 10.0 Å². The predicted octanol–water partition coefficient (Wildman–Crippen LogP) is 2.85. The molecule has 2 aromatic carbocycles. The first-order chi connectivity index (χ1) is 9.59. The number of carbonyl (C=O) groups is 1. The van der Waals surface area contributed by atoms with Crippen LogP contribution in [0.3, 0.4) is 0 Å². The number of aliphatic hydroxyl groups excluding tert-OH is 1. The van der Waals surface area contributed by atoms with Crippen LogP contribution >= 0.6 is 0 Å². The number of anilines is 1. The molecule has 0 saturated carbocycles. The van der Waals surface area contributed by atoms with Gasteiger partial charge in [0, 0.05) is 12.7 Å². The van der Waals surface area contributed by atoms with Gasteiger partial charge in [0.15, 0.2) is 0 Å². The van der Waals surface area contributed by atoms with Crippen LogP contribution in [-0.2, 0) is 4.79 Å². The fourth-order valence-electron chi connectivity index (χ4n) is 2.77. The summed E-state index contributed by atoms with van der Waals surface area (Å²) in [5, 5.41) is 10.4. The fourth-order valence-corrected chi connectivity index (χ4v) is 2.77. The molecule has 3 heteroatoms. The van der Waals surface area contributed by atoms with Crippen LogP contribution in [0.4, 0.5) is 5.69 Å². The molecule has 0 aromatic heterocycles. The highest BCUT2D eigenvalue weighted by atomic mass is 16.3. The molecule has 20 heavy (non-hydrogen) atoms. The number of fused-ring (bicyclic) bond motifs is 1. The Morgan fingerprint density at radius 3 is 2.50 bits per heavy atom. The second kappa shape index (κ2) is 4.76. The molecule has 0 fully saturated rings. The van der Waals surface area contributed by atoms with Crippen LogP contribution in [0.15, 0.2) is 48.5 Å². The third-order valence-electron chi connectivity index (χ3n) is 4.01. The van der Waals surface area contributed by atoms with E-state index in [1.165, 1.54) is 0 Å². The van der Waals surface area contributed by atoms with Crippen molar-refractivity contribution in [2.45, 2.75) is 18.9 Å². The zero-order valence-corrected chi connectivity index (χ0v) is 11.6. The summed E-state index contributed by atoms with van der Waals surface area (Å²) >= 11 is 0. The number of likely N-dealkylation sites (N-methyl/N-ethyl adjacent to an activating group) is 1. The lowest BCUT2D eigenvalue weighted by Gasteiger charge is -2.14. The molecule has 1 aliphatic heterocycles. The molecule has 1 N–H and O–H groups in total. The molecule has 0 bridgehead atoms. The maximum Gasteiger partial charge on any atom is 0.234 e. The van der Waals surface area contributed by atoms with E-state index in [2.05, 4.69) is 0 Å². The van der Waals surface area contributed by atoms with Crippen molar-refractivity contribution in [3.8, 4) is 0 Å². The lowest BCUT2D eigenvalue weighted by atomic mass is 9.95. The minimum absolute atomic E-state index is 0.103. The van der Waals surface area contributed by atoms with E-state index in [0.29, 0.717) is 0 Å². The number of amides is 1. The maximum atomic E-state index is 12.0. The third kappa shape index (κ3) is 1.91. The Labute approximate surface area is 118 Å². The van der Waals surface area contributed by atoms with Crippen LogP contribution in [0.25, 0.3) is 0 Å². The zero-order chi connectivity index (χ0) is 14.3. The van der Waals surface area contributed by atoms with Gasteiger partial charge in [-0.3, -0.25) is 4.79 Å². The summed E-state index contributed by atoms with van der Waals surface area (Å²) in [6.45, 7) is 1.91. The standard InChI is InChI=1S/C17H17NO2/c1-11-14-10-13(8-9-15(14)18(2)17(11)20)16(19)12-6-4-3-5-7-12/h3-11,16,19H,1-2H3. The smallest absolute Gasteiger partial charge is 0.234 e. The van der Waals surface area contributed by atoms with Crippen molar-refractivity contribution in [3.63, 3.8) is 0 Å². The second-order valence-electron chi connectivity index (χ2n) is 5.25. The van der Waals surface area contributed by atoms with E-state index in [4.69, 9.17) is 0 Å². The molecule has 1 aliphatic rings. The summed E-state index contributed by atoms with van der Waals surface area (Å²) in [4.78, 5) is 13.7. The highest BCUT2D eigenvalue weighted by molar-refractivity contribution is 6.04. The van der Waals surface area contributed by atoms with Gasteiger partial charge in [0.25, 0.3) is 0 Å². The van der Waals surface area contributed by atoms with Gasteiger partial charge in [-0.25, -0.2) is 0 Å². The first-order valence-electron chi connectivity index (χ1n) is 6.74. The number of nitrogens with zero attached hydrogens (tertiary/aromatic N) is 1. The highest BCUT2D eigenvalue weighted by Crippen LogP contribution is 2.38. The van der Waals surface area contributed by atoms with Crippen molar-refractivity contribution >= 4 is 11.6 Å². The molecular formula is C17H17NO2. The number of aliphatic hydroxyl groups is 1. The summed E-state index contributed by atoms with van der Waals surface area (Å²) in [5.74, 6) is -0.0377. The van der Waals surface area contributed by atoms with Crippen molar-refractivity contribution in [1.82, 2.24) is 0 Å². The van der Waals surface area contributed by atoms with Gasteiger partial charge in [0.05, 0.1) is 5.92 Å². The van der Waals surface area contributed by atoms with Gasteiger partial charge in [-0.2, -0.15) is 0 Å². The van der Waals surface area contributed by atoms with E-state index >= 15 is 0 Å². The molecule has 2 aromatic rings. The molecule has 0 aliphatic carbocycles. The minimum Gasteiger partial charge on any atom is -0.384 e. The Bertz CT molecular complexity index is 651.